The van der Waals surface area contributed by atoms with Crippen molar-refractivity contribution in [2.45, 2.75) is 26.7 Å². The fourth-order valence-corrected chi connectivity index (χ4v) is 3.25. The molecule has 0 unspecified atom stereocenters. The molecule has 2 aromatic carbocycles. The normalized spacial score (nSPS) is 14.6. The largest absolute Gasteiger partial charge is 0.316 e. The molecule has 0 saturated carbocycles. The monoisotopic (exact) mass is 305 g/mol. The Balaban J connectivity index is 2.12. The Hall–Kier alpha value is -2.19. The van der Waals surface area contributed by atoms with Gasteiger partial charge in [-0.15, -0.1) is 0 Å². The number of nitrogens with one attached hydrogen (secondary N) is 1. The first-order valence-corrected chi connectivity index (χ1v) is 8.27. The zero-order valence-corrected chi connectivity index (χ0v) is 13.9. The van der Waals surface area contributed by atoms with Gasteiger partial charge in [0.1, 0.15) is 0 Å². The molecule has 118 valence electrons. The number of aryl methyl sites for hydroxylation is 1. The maximum atomic E-state index is 11.5. The second kappa shape index (κ2) is 6.93. The number of carbonyl (C=O) groups is 1. The van der Waals surface area contributed by atoms with Gasteiger partial charge >= 0.3 is 0 Å². The topological polar surface area (TPSA) is 29.1 Å². The Kier molecular flexibility index (Phi) is 4.73. The average molecular weight is 305 g/mol. The van der Waals surface area contributed by atoms with Crippen LogP contribution >= 0.6 is 0 Å². The highest BCUT2D eigenvalue weighted by atomic mass is 16.1. The molecule has 1 aliphatic heterocycles. The van der Waals surface area contributed by atoms with Crippen LogP contribution in [0.2, 0.25) is 0 Å². The first-order chi connectivity index (χ1) is 11.2. The highest BCUT2D eigenvalue weighted by Crippen LogP contribution is 2.33. The van der Waals surface area contributed by atoms with Crippen LogP contribution in [0.5, 0.6) is 0 Å². The van der Waals surface area contributed by atoms with E-state index in [0.29, 0.717) is 0 Å². The number of rotatable bonds is 3. The van der Waals surface area contributed by atoms with Gasteiger partial charge in [0.15, 0.2) is 5.78 Å². The van der Waals surface area contributed by atoms with Gasteiger partial charge in [0.05, 0.1) is 0 Å². The van der Waals surface area contributed by atoms with Crippen molar-refractivity contribution in [2.24, 2.45) is 0 Å². The molecule has 1 heterocycles. The standard InChI is InChI=1S/C21H23NO/c1-15-5-3-4-6-20(15)21(19-11-13-22-14-12-19)18-9-7-17(8-10-18)16(2)23/h3-10,22H,11-14H2,1-2H3. The average Bonchev–Trinajstić information content (AvgIpc) is 2.58. The predicted molar refractivity (Wildman–Crippen MR) is 95.8 cm³/mol. The number of hydrogen-bond acceptors (Lipinski definition) is 2. The van der Waals surface area contributed by atoms with Crippen LogP contribution in [0.4, 0.5) is 0 Å². The van der Waals surface area contributed by atoms with Crippen LogP contribution in [0, 0.1) is 6.92 Å². The minimum atomic E-state index is 0.114. The van der Waals surface area contributed by atoms with Crippen molar-refractivity contribution in [3.8, 4) is 0 Å². The van der Waals surface area contributed by atoms with Gasteiger partial charge in [0.25, 0.3) is 0 Å². The number of benzene rings is 2. The maximum Gasteiger partial charge on any atom is 0.159 e. The number of Topliss-reactive ketones (excluding diaryl/α,β-unsaturated/α-hetero) is 1. The molecule has 3 rings (SSSR count). The lowest BCUT2D eigenvalue weighted by Gasteiger charge is -2.22. The smallest absolute Gasteiger partial charge is 0.159 e. The van der Waals surface area contributed by atoms with E-state index in [9.17, 15) is 4.79 Å². The van der Waals surface area contributed by atoms with Gasteiger partial charge in [-0.1, -0.05) is 54.1 Å². The summed E-state index contributed by atoms with van der Waals surface area (Å²) in [7, 11) is 0. The van der Waals surface area contributed by atoms with Crippen molar-refractivity contribution in [1.82, 2.24) is 5.32 Å². The molecular formula is C21H23NO. The SMILES string of the molecule is CC(=O)c1ccc(C(=C2CCNCC2)c2ccccc2C)cc1. The third-order valence-corrected chi connectivity index (χ3v) is 4.56. The van der Waals surface area contributed by atoms with Gasteiger partial charge in [-0.05, 0) is 62.0 Å². The number of ketones is 1. The van der Waals surface area contributed by atoms with Crippen LogP contribution in [0.1, 0.15) is 46.8 Å². The molecule has 1 N–H and O–H groups in total. The summed E-state index contributed by atoms with van der Waals surface area (Å²) in [6, 6.07) is 16.6. The molecule has 1 fully saturated rings. The lowest BCUT2D eigenvalue weighted by atomic mass is 9.86. The Labute approximate surface area is 138 Å². The second-order valence-electron chi connectivity index (χ2n) is 6.18. The van der Waals surface area contributed by atoms with E-state index in [1.165, 1.54) is 27.8 Å². The van der Waals surface area contributed by atoms with Gasteiger partial charge < -0.3 is 5.32 Å². The summed E-state index contributed by atoms with van der Waals surface area (Å²) < 4.78 is 0. The summed E-state index contributed by atoms with van der Waals surface area (Å²) in [6.45, 7) is 5.86. The van der Waals surface area contributed by atoms with Gasteiger partial charge in [-0.25, -0.2) is 0 Å². The van der Waals surface area contributed by atoms with Crippen molar-refractivity contribution >= 4 is 11.4 Å². The van der Waals surface area contributed by atoms with Crippen molar-refractivity contribution in [2.75, 3.05) is 13.1 Å². The lowest BCUT2D eigenvalue weighted by Crippen LogP contribution is -2.24. The summed E-state index contributed by atoms with van der Waals surface area (Å²) >= 11 is 0. The molecule has 2 aromatic rings. The van der Waals surface area contributed by atoms with Gasteiger partial charge in [-0.3, -0.25) is 4.79 Å². The number of hydrogen-bond donors (Lipinski definition) is 1. The number of piperidine rings is 1. The van der Waals surface area contributed by atoms with Crippen molar-refractivity contribution < 1.29 is 4.79 Å². The number of carbonyl (C=O) groups excluding carboxylic acids is 1. The van der Waals surface area contributed by atoms with E-state index >= 15 is 0 Å². The second-order valence-corrected chi connectivity index (χ2v) is 6.18. The van der Waals surface area contributed by atoms with E-state index in [1.807, 2.05) is 12.1 Å². The Morgan fingerprint density at radius 3 is 2.13 bits per heavy atom. The van der Waals surface area contributed by atoms with Gasteiger partial charge in [0, 0.05) is 5.56 Å². The molecule has 0 atom stereocenters. The summed E-state index contributed by atoms with van der Waals surface area (Å²) in [5.41, 5.74) is 7.44. The molecule has 0 amide bonds. The highest BCUT2D eigenvalue weighted by Gasteiger charge is 2.16. The molecule has 0 bridgehead atoms. The fourth-order valence-electron chi connectivity index (χ4n) is 3.25. The molecule has 1 saturated heterocycles. The third kappa shape index (κ3) is 3.43. The van der Waals surface area contributed by atoms with Gasteiger partial charge in [0.2, 0.25) is 0 Å². The van der Waals surface area contributed by atoms with E-state index in [4.69, 9.17) is 0 Å². The molecule has 0 aromatic heterocycles. The van der Waals surface area contributed by atoms with E-state index in [1.54, 1.807) is 6.92 Å². The summed E-state index contributed by atoms with van der Waals surface area (Å²) in [5.74, 6) is 0.114. The van der Waals surface area contributed by atoms with Crippen LogP contribution in [-0.4, -0.2) is 18.9 Å². The first-order valence-electron chi connectivity index (χ1n) is 8.27. The van der Waals surface area contributed by atoms with Crippen LogP contribution in [0.15, 0.2) is 54.1 Å². The molecule has 0 radical (unpaired) electrons. The molecule has 23 heavy (non-hydrogen) atoms. The molecular weight excluding hydrogens is 282 g/mol. The van der Waals surface area contributed by atoms with Crippen LogP contribution < -0.4 is 5.32 Å². The van der Waals surface area contributed by atoms with E-state index < -0.39 is 0 Å². The van der Waals surface area contributed by atoms with Crippen LogP contribution in [-0.2, 0) is 0 Å². The molecule has 0 spiro atoms. The summed E-state index contributed by atoms with van der Waals surface area (Å²) in [5, 5.41) is 3.43. The summed E-state index contributed by atoms with van der Waals surface area (Å²) in [4.78, 5) is 11.5. The molecule has 1 aliphatic rings. The van der Waals surface area contributed by atoms with Gasteiger partial charge in [-0.2, -0.15) is 0 Å². The van der Waals surface area contributed by atoms with E-state index in [0.717, 1.165) is 31.5 Å². The fraction of sp³-hybridized carbons (Fsp3) is 0.286. The Morgan fingerprint density at radius 1 is 0.913 bits per heavy atom. The first kappa shape index (κ1) is 15.7. The zero-order chi connectivity index (χ0) is 16.2. The van der Waals surface area contributed by atoms with Crippen molar-refractivity contribution in [3.63, 3.8) is 0 Å². The van der Waals surface area contributed by atoms with E-state index in [-0.39, 0.29) is 5.78 Å². The summed E-state index contributed by atoms with van der Waals surface area (Å²) in [6.07, 6.45) is 2.16. The third-order valence-electron chi connectivity index (χ3n) is 4.56. The maximum absolute atomic E-state index is 11.5. The molecule has 0 aliphatic carbocycles. The minimum Gasteiger partial charge on any atom is -0.316 e. The minimum absolute atomic E-state index is 0.114. The lowest BCUT2D eigenvalue weighted by molar-refractivity contribution is 0.101. The Bertz CT molecular complexity index is 733. The molecule has 2 heteroatoms. The van der Waals surface area contributed by atoms with E-state index in [2.05, 4.69) is 48.6 Å². The molecule has 2 nitrogen and oxygen atoms in total. The van der Waals surface area contributed by atoms with Crippen LogP contribution in [0.3, 0.4) is 0 Å². The predicted octanol–water partition coefficient (Wildman–Crippen LogP) is 4.38. The zero-order valence-electron chi connectivity index (χ0n) is 13.9. The van der Waals surface area contributed by atoms with Crippen LogP contribution in [0.25, 0.3) is 5.57 Å². The Morgan fingerprint density at radius 2 is 1.52 bits per heavy atom. The quantitative estimate of drug-likeness (QED) is 0.852. The van der Waals surface area contributed by atoms with Crippen molar-refractivity contribution in [1.29, 1.82) is 0 Å². The highest BCUT2D eigenvalue weighted by molar-refractivity contribution is 5.94. The van der Waals surface area contributed by atoms with Crippen molar-refractivity contribution in [3.05, 3.63) is 76.4 Å².